The van der Waals surface area contributed by atoms with E-state index < -0.39 is 26.4 Å². The molecule has 0 bridgehead atoms. The van der Waals surface area contributed by atoms with E-state index in [1.807, 2.05) is 35.6 Å². The first kappa shape index (κ1) is 26.3. The third-order valence-electron chi connectivity index (χ3n) is 6.25. The fourth-order valence-electron chi connectivity index (χ4n) is 4.77. The van der Waals surface area contributed by atoms with E-state index in [1.165, 1.54) is 12.3 Å². The summed E-state index contributed by atoms with van der Waals surface area (Å²) in [6.07, 6.45) is 2.19. The van der Waals surface area contributed by atoms with Crippen LogP contribution in [0.15, 0.2) is 52.3 Å². The van der Waals surface area contributed by atoms with Gasteiger partial charge in [0.05, 0.1) is 23.6 Å². The predicted octanol–water partition coefficient (Wildman–Crippen LogP) is 3.28. The molecule has 196 valence electrons. The third-order valence-corrected chi connectivity index (χ3v) is 7.60. The van der Waals surface area contributed by atoms with E-state index in [0.29, 0.717) is 42.2 Å². The van der Waals surface area contributed by atoms with Gasteiger partial charge in [0.2, 0.25) is 5.88 Å². The van der Waals surface area contributed by atoms with E-state index in [2.05, 4.69) is 30.7 Å². The van der Waals surface area contributed by atoms with Crippen molar-refractivity contribution >= 4 is 21.7 Å². The Kier molecular flexibility index (Phi) is 7.09. The number of nitrogens with zero attached hydrogens (tertiary/aromatic N) is 3. The van der Waals surface area contributed by atoms with Crippen LogP contribution in [-0.4, -0.2) is 48.0 Å². The van der Waals surface area contributed by atoms with Gasteiger partial charge in [0, 0.05) is 24.3 Å². The number of carbonyl (C=O) groups is 1. The van der Waals surface area contributed by atoms with Crippen molar-refractivity contribution in [2.45, 2.75) is 51.5 Å². The summed E-state index contributed by atoms with van der Waals surface area (Å²) in [5.41, 5.74) is 0.972. The number of hydrogen-bond acceptors (Lipinski definition) is 8. The highest BCUT2D eigenvalue weighted by Crippen LogP contribution is 2.38. The zero-order valence-corrected chi connectivity index (χ0v) is 22.3. The van der Waals surface area contributed by atoms with E-state index in [4.69, 9.17) is 9.72 Å². The van der Waals surface area contributed by atoms with Gasteiger partial charge in [-0.2, -0.15) is 0 Å². The Hall–Kier alpha value is -3.73. The second kappa shape index (κ2) is 9.97. The van der Waals surface area contributed by atoms with Crippen molar-refractivity contribution in [1.29, 1.82) is 0 Å². The quantitative estimate of drug-likeness (QED) is 0.480. The molecule has 11 heteroatoms. The molecule has 1 aliphatic rings. The highest BCUT2D eigenvalue weighted by atomic mass is 32.2. The first-order chi connectivity index (χ1) is 17.4. The summed E-state index contributed by atoms with van der Waals surface area (Å²) in [6, 6.07) is 9.39. The highest BCUT2D eigenvalue weighted by Gasteiger charge is 2.39. The molecule has 3 aromatic rings. The largest absolute Gasteiger partial charge is 0.478 e. The third kappa shape index (κ3) is 5.51. The molecule has 37 heavy (non-hydrogen) atoms. The van der Waals surface area contributed by atoms with Crippen LogP contribution < -0.4 is 19.9 Å². The predicted molar refractivity (Wildman–Crippen MR) is 140 cm³/mol. The monoisotopic (exact) mass is 525 g/mol. The second-order valence-corrected chi connectivity index (χ2v) is 11.5. The number of anilines is 1. The molecule has 1 atom stereocenters. The van der Waals surface area contributed by atoms with Crippen LogP contribution >= 0.6 is 0 Å². The Morgan fingerprint density at radius 1 is 1.22 bits per heavy atom. The van der Waals surface area contributed by atoms with Crippen LogP contribution in [0.3, 0.4) is 0 Å². The summed E-state index contributed by atoms with van der Waals surface area (Å²) in [5, 5.41) is 0. The highest BCUT2D eigenvalue weighted by molar-refractivity contribution is 7.90. The molecule has 0 aromatic carbocycles. The number of ether oxygens (including phenoxy) is 1. The molecular formula is C26H31N5O5S. The maximum Gasteiger partial charge on any atom is 0.269 e. The van der Waals surface area contributed by atoms with E-state index in [0.717, 1.165) is 18.1 Å². The van der Waals surface area contributed by atoms with Crippen LogP contribution in [0.2, 0.25) is 0 Å². The number of aryl methyl sites for hydroxylation is 1. The lowest BCUT2D eigenvalue weighted by Gasteiger charge is -2.34. The molecule has 1 amide bonds. The molecule has 0 unspecified atom stereocenters. The standard InChI is InChI=1S/C26H31N5O5S/c1-6-36-22-13-16(2)12-20(28-22)19-10-9-18(23(29-19)31-15-17(3)14-26(31,4)5)24(32)30-37(34,35)21-8-7-11-27-25(21)33/h7-13,17H,6,14-15H2,1-5H3,(H,27,33)(H,30,32)/t17-/m0/s1. The second-order valence-electron chi connectivity index (χ2n) is 9.90. The molecule has 0 saturated carbocycles. The summed E-state index contributed by atoms with van der Waals surface area (Å²) in [7, 11) is -4.42. The normalized spacial score (nSPS) is 17.0. The Bertz CT molecular complexity index is 1500. The van der Waals surface area contributed by atoms with Crippen LogP contribution in [0.4, 0.5) is 5.82 Å². The van der Waals surface area contributed by atoms with Gasteiger partial charge in [-0.15, -0.1) is 0 Å². The van der Waals surface area contributed by atoms with Crippen molar-refractivity contribution in [3.63, 3.8) is 0 Å². The lowest BCUT2D eigenvalue weighted by molar-refractivity contribution is 0.0981. The lowest BCUT2D eigenvalue weighted by Crippen LogP contribution is -2.41. The van der Waals surface area contributed by atoms with Gasteiger partial charge in [-0.05, 0) is 75.9 Å². The molecule has 0 aliphatic carbocycles. The number of carbonyl (C=O) groups excluding carboxylic acids is 1. The summed E-state index contributed by atoms with van der Waals surface area (Å²) >= 11 is 0. The fourth-order valence-corrected chi connectivity index (χ4v) is 5.80. The average molecular weight is 526 g/mol. The number of aromatic nitrogens is 3. The molecule has 3 aromatic heterocycles. The number of aromatic amines is 1. The number of sulfonamides is 1. The first-order valence-electron chi connectivity index (χ1n) is 12.1. The van der Waals surface area contributed by atoms with Crippen molar-refractivity contribution in [1.82, 2.24) is 19.7 Å². The van der Waals surface area contributed by atoms with Crippen LogP contribution in [0.5, 0.6) is 5.88 Å². The Balaban J connectivity index is 1.80. The van der Waals surface area contributed by atoms with Gasteiger partial charge in [-0.3, -0.25) is 9.59 Å². The maximum absolute atomic E-state index is 13.4. The van der Waals surface area contributed by atoms with Gasteiger partial charge in [0.1, 0.15) is 5.82 Å². The van der Waals surface area contributed by atoms with Crippen molar-refractivity contribution in [3.8, 4) is 17.3 Å². The molecule has 10 nitrogen and oxygen atoms in total. The zero-order chi connectivity index (χ0) is 27.0. The van der Waals surface area contributed by atoms with Gasteiger partial charge in [0.15, 0.2) is 4.90 Å². The fraction of sp³-hybridized carbons (Fsp3) is 0.385. The van der Waals surface area contributed by atoms with E-state index in [9.17, 15) is 18.0 Å². The molecule has 1 saturated heterocycles. The summed E-state index contributed by atoms with van der Waals surface area (Å²) in [6.45, 7) is 11.1. The molecule has 0 spiro atoms. The first-order valence-corrected chi connectivity index (χ1v) is 13.5. The lowest BCUT2D eigenvalue weighted by atomic mass is 9.97. The van der Waals surface area contributed by atoms with E-state index >= 15 is 0 Å². The van der Waals surface area contributed by atoms with Gasteiger partial charge >= 0.3 is 0 Å². The summed E-state index contributed by atoms with van der Waals surface area (Å²) < 4.78 is 33.4. The van der Waals surface area contributed by atoms with E-state index in [1.54, 1.807) is 12.1 Å². The van der Waals surface area contributed by atoms with Crippen molar-refractivity contribution in [3.05, 3.63) is 64.1 Å². The Morgan fingerprint density at radius 2 is 1.97 bits per heavy atom. The van der Waals surface area contributed by atoms with Crippen LogP contribution in [0.1, 0.15) is 50.0 Å². The Morgan fingerprint density at radius 3 is 2.62 bits per heavy atom. The number of H-pyrrole nitrogens is 1. The van der Waals surface area contributed by atoms with Gasteiger partial charge in [-0.1, -0.05) is 6.92 Å². The smallest absolute Gasteiger partial charge is 0.269 e. The van der Waals surface area contributed by atoms with Crippen molar-refractivity contribution in [2.75, 3.05) is 18.1 Å². The van der Waals surface area contributed by atoms with Crippen LogP contribution in [0, 0.1) is 12.8 Å². The number of nitrogens with one attached hydrogen (secondary N) is 2. The number of rotatable bonds is 7. The average Bonchev–Trinajstić information content (AvgIpc) is 3.10. The Labute approximate surface area is 216 Å². The molecule has 4 heterocycles. The SMILES string of the molecule is CCOc1cc(C)cc(-c2ccc(C(=O)NS(=O)(=O)c3ccc[nH]c3=O)c(N3C[C@@H](C)CC3(C)C)n2)n1. The molecule has 4 rings (SSSR count). The number of hydrogen-bond donors (Lipinski definition) is 2. The summed E-state index contributed by atoms with van der Waals surface area (Å²) in [5.74, 6) is 0.282. The zero-order valence-electron chi connectivity index (χ0n) is 21.5. The summed E-state index contributed by atoms with van der Waals surface area (Å²) in [4.78, 5) is 38.6. The van der Waals surface area contributed by atoms with Crippen LogP contribution in [0.25, 0.3) is 11.4 Å². The van der Waals surface area contributed by atoms with Gasteiger partial charge in [-0.25, -0.2) is 23.1 Å². The van der Waals surface area contributed by atoms with Crippen LogP contribution in [-0.2, 0) is 10.0 Å². The topological polar surface area (TPSA) is 134 Å². The van der Waals surface area contributed by atoms with Gasteiger partial charge in [0.25, 0.3) is 21.5 Å². The van der Waals surface area contributed by atoms with Crippen molar-refractivity contribution < 1.29 is 17.9 Å². The molecule has 0 radical (unpaired) electrons. The van der Waals surface area contributed by atoms with Crippen molar-refractivity contribution in [2.24, 2.45) is 5.92 Å². The minimum atomic E-state index is -4.42. The maximum atomic E-state index is 13.4. The molecule has 2 N–H and O–H groups in total. The molecule has 1 aliphatic heterocycles. The number of amides is 1. The van der Waals surface area contributed by atoms with E-state index in [-0.39, 0.29) is 11.1 Å². The minimum Gasteiger partial charge on any atom is -0.478 e. The molecule has 1 fully saturated rings. The molecular weight excluding hydrogens is 494 g/mol. The van der Waals surface area contributed by atoms with Gasteiger partial charge < -0.3 is 14.6 Å². The number of pyridine rings is 3. The minimum absolute atomic E-state index is 0.0829.